The van der Waals surface area contributed by atoms with Crippen LogP contribution in [-0.4, -0.2) is 194 Å². The van der Waals surface area contributed by atoms with Gasteiger partial charge in [0.1, 0.15) is 73.2 Å². The quantitative estimate of drug-likeness (QED) is 0.0235. The topological polar surface area (TPSA) is 316 Å². The maximum absolute atomic E-state index is 13.4. The van der Waals surface area contributed by atoms with Crippen molar-refractivity contribution in [3.05, 3.63) is 12.2 Å². The third kappa shape index (κ3) is 28.7. The molecule has 3 aliphatic heterocycles. The van der Waals surface area contributed by atoms with E-state index < -0.39 is 130 Å². The van der Waals surface area contributed by atoms with Gasteiger partial charge in [0.05, 0.1) is 38.6 Å². The zero-order valence-electron chi connectivity index (χ0n) is 50.6. The van der Waals surface area contributed by atoms with Gasteiger partial charge in [0.2, 0.25) is 11.8 Å². The van der Waals surface area contributed by atoms with Crippen molar-refractivity contribution >= 4 is 11.8 Å². The van der Waals surface area contributed by atoms with Crippen molar-refractivity contribution < 1.29 is 89.1 Å². The molecule has 0 spiro atoms. The molecule has 0 aromatic rings. The fourth-order valence-electron chi connectivity index (χ4n) is 11.3. The molecule has 6 unspecified atom stereocenters. The van der Waals surface area contributed by atoms with Crippen LogP contribution in [0.3, 0.4) is 0 Å². The van der Waals surface area contributed by atoms with E-state index in [1.165, 1.54) is 161 Å². The van der Waals surface area contributed by atoms with Crippen LogP contribution in [0.25, 0.3) is 0 Å². The Balaban J connectivity index is 1.52. The van der Waals surface area contributed by atoms with Gasteiger partial charge in [-0.2, -0.15) is 0 Å². The van der Waals surface area contributed by atoms with E-state index in [1.54, 1.807) is 6.08 Å². The van der Waals surface area contributed by atoms with Crippen LogP contribution in [0.2, 0.25) is 0 Å². The standard InChI is InChI=1S/C62H116N2O18/c1-4-6-8-10-12-14-16-18-19-20-21-22-23-24-25-27-29-31-33-35-37-39-50(70)64-45(46(69)38-36-34-32-30-28-26-17-15-13-11-9-7-5-2)43-77-61-56(75)55(74)58(49(42-67)80-61)81-62-57(76)59(53(72)48(41-66)79-62)82-60-51(63-44(3)68)54(73)52(71)47(40-65)78-60/h36,38,45-49,51-62,65-67,69,71-76H,4-35,37,39-43H2,1-3H3,(H,63,68)(H,64,70)/b38-36+/t45-,46+,47?,48?,49?,51?,52+,53-,54+,55+,56?,57?,58+,59-,60-,61+,62-/m0/s1. The Bertz CT molecular complexity index is 1620. The SMILES string of the molecule is CCCCCCCCCCCCC/C=C/[C@@H](O)[C@H](CO[C@@H]1OC(CO)[C@@H](O[C@@H]2OC(CO)[C@H](O)[C@H](O[C@@H]3OC(CO)[C@@H](O)[C@H](O)C3NC(C)=O)C2O)[C@H](O)C1O)NC(=O)CCCCCCCCCCCCCCCCCCCCCCC. The van der Waals surface area contributed by atoms with Crippen molar-refractivity contribution in [1.29, 1.82) is 0 Å². The van der Waals surface area contributed by atoms with Crippen molar-refractivity contribution in [2.45, 2.75) is 343 Å². The molecular formula is C62H116N2O18. The van der Waals surface area contributed by atoms with Gasteiger partial charge in [0.15, 0.2) is 18.9 Å². The summed E-state index contributed by atoms with van der Waals surface area (Å²) >= 11 is 0. The fraction of sp³-hybridized carbons (Fsp3) is 0.935. The van der Waals surface area contributed by atoms with E-state index in [2.05, 4.69) is 24.5 Å². The highest BCUT2D eigenvalue weighted by Gasteiger charge is 2.54. The molecule has 3 aliphatic rings. The number of nitrogens with one attached hydrogen (secondary N) is 2. The molecule has 17 atom stereocenters. The molecule has 3 rings (SSSR count). The third-order valence-corrected chi connectivity index (χ3v) is 16.5. The number of aliphatic hydroxyl groups is 10. The number of rotatable bonds is 48. The first-order chi connectivity index (χ1) is 39.7. The lowest BCUT2D eigenvalue weighted by atomic mass is 9.95. The Morgan fingerprint density at radius 1 is 0.476 bits per heavy atom. The predicted molar refractivity (Wildman–Crippen MR) is 312 cm³/mol. The fourth-order valence-corrected chi connectivity index (χ4v) is 11.3. The average Bonchev–Trinajstić information content (AvgIpc) is 3.46. The maximum Gasteiger partial charge on any atom is 0.220 e. The van der Waals surface area contributed by atoms with Crippen LogP contribution < -0.4 is 10.6 Å². The zero-order valence-corrected chi connectivity index (χ0v) is 50.6. The summed E-state index contributed by atoms with van der Waals surface area (Å²) in [5.41, 5.74) is 0. The van der Waals surface area contributed by atoms with Gasteiger partial charge in [-0.3, -0.25) is 9.59 Å². The normalized spacial score (nSPS) is 29.5. The van der Waals surface area contributed by atoms with Crippen LogP contribution in [0.1, 0.15) is 239 Å². The molecular weight excluding hydrogens is 1060 g/mol. The molecule has 0 aromatic carbocycles. The summed E-state index contributed by atoms with van der Waals surface area (Å²) in [6.07, 6.45) is 19.3. The van der Waals surface area contributed by atoms with Crippen molar-refractivity contribution in [2.24, 2.45) is 0 Å². The van der Waals surface area contributed by atoms with E-state index in [1.807, 2.05) is 6.08 Å². The molecule has 2 amide bonds. The van der Waals surface area contributed by atoms with Gasteiger partial charge in [-0.1, -0.05) is 219 Å². The Morgan fingerprint density at radius 3 is 1.35 bits per heavy atom. The molecule has 0 bridgehead atoms. The first-order valence-corrected chi connectivity index (χ1v) is 32.4. The summed E-state index contributed by atoms with van der Waals surface area (Å²) < 4.78 is 34.9. The molecule has 20 nitrogen and oxygen atoms in total. The lowest BCUT2D eigenvalue weighted by molar-refractivity contribution is -0.375. The number of amides is 2. The molecule has 0 radical (unpaired) electrons. The van der Waals surface area contributed by atoms with E-state index in [0.717, 1.165) is 51.9 Å². The smallest absolute Gasteiger partial charge is 0.220 e. The highest BCUT2D eigenvalue weighted by molar-refractivity contribution is 5.76. The summed E-state index contributed by atoms with van der Waals surface area (Å²) in [5.74, 6) is -0.941. The predicted octanol–water partition coefficient (Wildman–Crippen LogP) is 6.30. The molecule has 12 N–H and O–H groups in total. The largest absolute Gasteiger partial charge is 0.394 e. The minimum absolute atomic E-state index is 0.241. The lowest BCUT2D eigenvalue weighted by Crippen LogP contribution is -2.68. The van der Waals surface area contributed by atoms with E-state index in [9.17, 15) is 60.7 Å². The number of ether oxygens (including phenoxy) is 6. The molecule has 0 aromatic heterocycles. The number of unbranched alkanes of at least 4 members (excludes halogenated alkanes) is 31. The van der Waals surface area contributed by atoms with Crippen LogP contribution in [0.5, 0.6) is 0 Å². The van der Waals surface area contributed by atoms with E-state index in [-0.39, 0.29) is 18.9 Å². The Hall–Kier alpha value is -1.96. The maximum atomic E-state index is 13.4. The van der Waals surface area contributed by atoms with Gasteiger partial charge in [-0.15, -0.1) is 0 Å². The monoisotopic (exact) mass is 1180 g/mol. The number of carbonyl (C=O) groups is 2. The summed E-state index contributed by atoms with van der Waals surface area (Å²) in [7, 11) is 0. The number of carbonyl (C=O) groups excluding carboxylic acids is 2. The van der Waals surface area contributed by atoms with Gasteiger partial charge >= 0.3 is 0 Å². The summed E-state index contributed by atoms with van der Waals surface area (Å²) in [6, 6.07) is -2.45. The lowest BCUT2D eigenvalue weighted by Gasteiger charge is -2.48. The van der Waals surface area contributed by atoms with Crippen LogP contribution >= 0.6 is 0 Å². The Labute approximate surface area is 491 Å². The van der Waals surface area contributed by atoms with Crippen LogP contribution in [0, 0.1) is 0 Å². The van der Waals surface area contributed by atoms with E-state index in [4.69, 9.17) is 28.4 Å². The molecule has 0 aliphatic carbocycles. The molecule has 3 saturated heterocycles. The van der Waals surface area contributed by atoms with Gasteiger partial charge in [0, 0.05) is 13.3 Å². The van der Waals surface area contributed by atoms with Crippen LogP contribution in [-0.2, 0) is 38.0 Å². The second-order valence-electron chi connectivity index (χ2n) is 23.6. The summed E-state index contributed by atoms with van der Waals surface area (Å²) in [4.78, 5) is 25.4. The van der Waals surface area contributed by atoms with Gasteiger partial charge in [-0.25, -0.2) is 0 Å². The van der Waals surface area contributed by atoms with Gasteiger partial charge < -0.3 is 90.1 Å². The highest BCUT2D eigenvalue weighted by Crippen LogP contribution is 2.33. The first kappa shape index (κ1) is 74.3. The third-order valence-electron chi connectivity index (χ3n) is 16.5. The second kappa shape index (κ2) is 45.3. The Morgan fingerprint density at radius 2 is 0.890 bits per heavy atom. The first-order valence-electron chi connectivity index (χ1n) is 32.4. The van der Waals surface area contributed by atoms with Crippen molar-refractivity contribution in [1.82, 2.24) is 10.6 Å². The molecule has 482 valence electrons. The number of hydrogen-bond donors (Lipinski definition) is 12. The second-order valence-corrected chi connectivity index (χ2v) is 23.6. The Kier molecular flexibility index (Phi) is 41.1. The molecule has 3 heterocycles. The number of hydrogen-bond acceptors (Lipinski definition) is 18. The minimum Gasteiger partial charge on any atom is -0.394 e. The summed E-state index contributed by atoms with van der Waals surface area (Å²) in [6.45, 7) is 2.81. The molecule has 3 fully saturated rings. The zero-order chi connectivity index (χ0) is 59.9. The van der Waals surface area contributed by atoms with Crippen LogP contribution in [0.15, 0.2) is 12.2 Å². The van der Waals surface area contributed by atoms with Crippen LogP contribution in [0.4, 0.5) is 0 Å². The summed E-state index contributed by atoms with van der Waals surface area (Å²) in [5, 5.41) is 114. The highest BCUT2D eigenvalue weighted by atomic mass is 16.8. The molecule has 82 heavy (non-hydrogen) atoms. The van der Waals surface area contributed by atoms with E-state index in [0.29, 0.717) is 6.42 Å². The van der Waals surface area contributed by atoms with Crippen molar-refractivity contribution in [2.75, 3.05) is 26.4 Å². The van der Waals surface area contributed by atoms with Crippen molar-refractivity contribution in [3.63, 3.8) is 0 Å². The van der Waals surface area contributed by atoms with E-state index >= 15 is 0 Å². The number of allylic oxidation sites excluding steroid dienone is 1. The number of aliphatic hydroxyl groups excluding tert-OH is 10. The minimum atomic E-state index is -1.98. The average molecular weight is 1180 g/mol. The van der Waals surface area contributed by atoms with Gasteiger partial charge in [0.25, 0.3) is 0 Å². The van der Waals surface area contributed by atoms with Crippen molar-refractivity contribution in [3.8, 4) is 0 Å². The van der Waals surface area contributed by atoms with Gasteiger partial charge in [-0.05, 0) is 19.3 Å². The molecule has 20 heteroatoms. The molecule has 0 saturated carbocycles.